The van der Waals surface area contributed by atoms with Gasteiger partial charge in [-0.15, -0.1) is 0 Å². The van der Waals surface area contributed by atoms with Crippen LogP contribution in [0.25, 0.3) is 0 Å². The van der Waals surface area contributed by atoms with Gasteiger partial charge in [0.25, 0.3) is 0 Å². The predicted octanol–water partition coefficient (Wildman–Crippen LogP) is 2.14. The van der Waals surface area contributed by atoms with Crippen LogP contribution in [0, 0.1) is 5.41 Å². The second-order valence-corrected chi connectivity index (χ2v) is 7.04. The van der Waals surface area contributed by atoms with Gasteiger partial charge in [-0.3, -0.25) is 9.69 Å². The summed E-state index contributed by atoms with van der Waals surface area (Å²) in [5, 5.41) is 0. The lowest BCUT2D eigenvalue weighted by molar-refractivity contribution is -0.150. The smallest absolute Gasteiger partial charge is 0.307 e. The Bertz CT molecular complexity index is 348. The second-order valence-electron chi connectivity index (χ2n) is 7.04. The topological polar surface area (TPSA) is 32.8 Å². The molecule has 0 aromatic heterocycles. The summed E-state index contributed by atoms with van der Waals surface area (Å²) in [7, 11) is 2.18. The van der Waals surface area contributed by atoms with E-state index in [-0.39, 0.29) is 16.9 Å². The van der Waals surface area contributed by atoms with E-state index in [2.05, 4.69) is 30.7 Å². The highest BCUT2D eigenvalue weighted by Crippen LogP contribution is 2.51. The second kappa shape index (κ2) is 6.02. The van der Waals surface area contributed by atoms with Crippen molar-refractivity contribution in [1.82, 2.24) is 9.80 Å². The number of ether oxygens (including phenoxy) is 1. The molecule has 20 heavy (non-hydrogen) atoms. The third kappa shape index (κ3) is 2.86. The summed E-state index contributed by atoms with van der Waals surface area (Å²) in [5.74, 6) is -0.0265. The Labute approximate surface area is 123 Å². The Morgan fingerprint density at radius 2 is 1.80 bits per heavy atom. The number of nitrogens with zero attached hydrogens (tertiary/aromatic N) is 2. The molecule has 0 aromatic rings. The van der Waals surface area contributed by atoms with Gasteiger partial charge < -0.3 is 9.64 Å². The molecule has 1 saturated carbocycles. The van der Waals surface area contributed by atoms with Gasteiger partial charge in [-0.25, -0.2) is 0 Å². The number of rotatable bonds is 4. The maximum absolute atomic E-state index is 12.1. The van der Waals surface area contributed by atoms with Gasteiger partial charge in [0.2, 0.25) is 0 Å². The largest absolute Gasteiger partial charge is 0.466 e. The lowest BCUT2D eigenvalue weighted by Gasteiger charge is -2.52. The first kappa shape index (κ1) is 15.8. The maximum Gasteiger partial charge on any atom is 0.307 e. The van der Waals surface area contributed by atoms with Crippen molar-refractivity contribution in [1.29, 1.82) is 0 Å². The van der Waals surface area contributed by atoms with Gasteiger partial charge in [-0.2, -0.15) is 0 Å². The van der Waals surface area contributed by atoms with Crippen molar-refractivity contribution in [2.24, 2.45) is 5.41 Å². The van der Waals surface area contributed by atoms with Crippen molar-refractivity contribution >= 4 is 5.97 Å². The van der Waals surface area contributed by atoms with E-state index < -0.39 is 0 Å². The highest BCUT2D eigenvalue weighted by Gasteiger charge is 2.53. The molecular weight excluding hydrogens is 252 g/mol. The monoisotopic (exact) mass is 282 g/mol. The Morgan fingerprint density at radius 1 is 1.15 bits per heavy atom. The number of carbonyl (C=O) groups excluding carboxylic acids is 1. The number of piperazine rings is 1. The summed E-state index contributed by atoms with van der Waals surface area (Å²) in [6, 6.07) is 0. The predicted molar refractivity (Wildman–Crippen MR) is 80.7 cm³/mol. The third-order valence-electron chi connectivity index (χ3n) is 5.50. The zero-order chi connectivity index (χ0) is 14.8. The maximum atomic E-state index is 12.1. The van der Waals surface area contributed by atoms with Gasteiger partial charge in [-0.05, 0) is 32.2 Å². The summed E-state index contributed by atoms with van der Waals surface area (Å²) < 4.78 is 5.26. The lowest BCUT2D eigenvalue weighted by atomic mass is 9.71. The van der Waals surface area contributed by atoms with E-state index in [1.807, 2.05) is 6.92 Å². The molecule has 0 aromatic carbocycles. The molecule has 1 aliphatic heterocycles. The van der Waals surface area contributed by atoms with Gasteiger partial charge in [0, 0.05) is 31.7 Å². The van der Waals surface area contributed by atoms with Gasteiger partial charge in [0.1, 0.15) is 0 Å². The van der Waals surface area contributed by atoms with Crippen molar-refractivity contribution in [3.8, 4) is 0 Å². The number of esters is 1. The van der Waals surface area contributed by atoms with E-state index >= 15 is 0 Å². The minimum absolute atomic E-state index is 0.000509. The summed E-state index contributed by atoms with van der Waals surface area (Å²) in [4.78, 5) is 17.1. The molecule has 0 spiro atoms. The molecule has 1 heterocycles. The quantitative estimate of drug-likeness (QED) is 0.740. The SMILES string of the molecule is CCOC(=O)CC1(N2CCN(C)CC2)CCCC1(C)C. The molecule has 4 heteroatoms. The molecule has 4 nitrogen and oxygen atoms in total. The molecule has 116 valence electrons. The zero-order valence-electron chi connectivity index (χ0n) is 13.6. The van der Waals surface area contributed by atoms with E-state index in [1.165, 1.54) is 12.8 Å². The highest BCUT2D eigenvalue weighted by atomic mass is 16.5. The molecule has 2 rings (SSSR count). The highest BCUT2D eigenvalue weighted by molar-refractivity contribution is 5.71. The Balaban J connectivity index is 2.18. The number of likely N-dealkylation sites (N-methyl/N-ethyl adjacent to an activating group) is 1. The first-order valence-corrected chi connectivity index (χ1v) is 8.00. The number of hydrogen-bond acceptors (Lipinski definition) is 4. The minimum Gasteiger partial charge on any atom is -0.466 e. The molecule has 1 saturated heterocycles. The normalized spacial score (nSPS) is 31.4. The van der Waals surface area contributed by atoms with Crippen LogP contribution in [0.15, 0.2) is 0 Å². The van der Waals surface area contributed by atoms with Crippen molar-refractivity contribution in [2.75, 3.05) is 39.8 Å². The lowest BCUT2D eigenvalue weighted by Crippen LogP contribution is -2.61. The molecule has 0 amide bonds. The van der Waals surface area contributed by atoms with Crippen LogP contribution in [-0.2, 0) is 9.53 Å². The Morgan fingerprint density at radius 3 is 2.30 bits per heavy atom. The standard InChI is InChI=1S/C16H30N2O2/c1-5-20-14(19)13-16(8-6-7-15(16,2)3)18-11-9-17(4)10-12-18/h5-13H2,1-4H3. The van der Waals surface area contributed by atoms with Crippen LogP contribution in [-0.4, -0.2) is 61.1 Å². The van der Waals surface area contributed by atoms with E-state index in [9.17, 15) is 4.79 Å². The fourth-order valence-electron chi connectivity index (χ4n) is 4.10. The summed E-state index contributed by atoms with van der Waals surface area (Å²) in [6.07, 6.45) is 4.11. The van der Waals surface area contributed by atoms with Gasteiger partial charge in [-0.1, -0.05) is 20.3 Å². The van der Waals surface area contributed by atoms with Crippen LogP contribution in [0.1, 0.15) is 46.5 Å². The van der Waals surface area contributed by atoms with E-state index in [4.69, 9.17) is 4.74 Å². The van der Waals surface area contributed by atoms with Gasteiger partial charge in [0.15, 0.2) is 0 Å². The number of carbonyl (C=O) groups is 1. The summed E-state index contributed by atoms with van der Waals surface area (Å²) in [6.45, 7) is 11.4. The molecular formula is C16H30N2O2. The average molecular weight is 282 g/mol. The average Bonchev–Trinajstić information content (AvgIpc) is 2.66. The molecule has 0 N–H and O–H groups in total. The molecule has 0 radical (unpaired) electrons. The van der Waals surface area contributed by atoms with Crippen LogP contribution in [0.3, 0.4) is 0 Å². The molecule has 1 unspecified atom stereocenters. The van der Waals surface area contributed by atoms with Crippen LogP contribution in [0.5, 0.6) is 0 Å². The fourth-order valence-corrected chi connectivity index (χ4v) is 4.10. The van der Waals surface area contributed by atoms with Crippen molar-refractivity contribution in [3.05, 3.63) is 0 Å². The van der Waals surface area contributed by atoms with Crippen molar-refractivity contribution < 1.29 is 9.53 Å². The first-order valence-electron chi connectivity index (χ1n) is 8.00. The Hall–Kier alpha value is -0.610. The molecule has 2 aliphatic rings. The third-order valence-corrected chi connectivity index (χ3v) is 5.50. The van der Waals surface area contributed by atoms with Crippen molar-refractivity contribution in [2.45, 2.75) is 52.0 Å². The van der Waals surface area contributed by atoms with E-state index in [1.54, 1.807) is 0 Å². The van der Waals surface area contributed by atoms with Crippen LogP contribution < -0.4 is 0 Å². The van der Waals surface area contributed by atoms with Crippen LogP contribution in [0.2, 0.25) is 0 Å². The van der Waals surface area contributed by atoms with Crippen LogP contribution in [0.4, 0.5) is 0 Å². The molecule has 1 atom stereocenters. The van der Waals surface area contributed by atoms with E-state index in [0.717, 1.165) is 32.6 Å². The number of hydrogen-bond donors (Lipinski definition) is 0. The minimum atomic E-state index is -0.0265. The fraction of sp³-hybridized carbons (Fsp3) is 0.938. The van der Waals surface area contributed by atoms with E-state index in [0.29, 0.717) is 13.0 Å². The van der Waals surface area contributed by atoms with Gasteiger partial charge in [0.05, 0.1) is 13.0 Å². The molecule has 0 bridgehead atoms. The van der Waals surface area contributed by atoms with Gasteiger partial charge >= 0.3 is 5.97 Å². The first-order chi connectivity index (χ1) is 9.41. The van der Waals surface area contributed by atoms with Crippen LogP contribution >= 0.6 is 0 Å². The molecule has 1 aliphatic carbocycles. The zero-order valence-corrected chi connectivity index (χ0v) is 13.6. The Kier molecular flexibility index (Phi) is 4.75. The summed E-state index contributed by atoms with van der Waals surface area (Å²) >= 11 is 0. The summed E-state index contributed by atoms with van der Waals surface area (Å²) in [5.41, 5.74) is 0.191. The van der Waals surface area contributed by atoms with Crippen molar-refractivity contribution in [3.63, 3.8) is 0 Å². The molecule has 2 fully saturated rings.